The second kappa shape index (κ2) is 9.65. The molecule has 0 saturated carbocycles. The highest BCUT2D eigenvalue weighted by Gasteiger charge is 2.36. The highest BCUT2D eigenvalue weighted by molar-refractivity contribution is 7.10. The van der Waals surface area contributed by atoms with Crippen LogP contribution in [0.5, 0.6) is 0 Å². The predicted molar refractivity (Wildman–Crippen MR) is 123 cm³/mol. The number of unbranched alkanes of at least 4 members (excludes halogenated alkanes) is 1. The van der Waals surface area contributed by atoms with Gasteiger partial charge in [-0.2, -0.15) is 0 Å². The lowest BCUT2D eigenvalue weighted by molar-refractivity contribution is -0.134. The second-order valence-electron chi connectivity index (χ2n) is 8.79. The fourth-order valence-corrected chi connectivity index (χ4v) is 4.79. The molecule has 3 amide bonds. The number of carbonyl (C=O) groups excluding carboxylic acids is 2. The van der Waals surface area contributed by atoms with Gasteiger partial charge in [-0.3, -0.25) is 4.79 Å². The predicted octanol–water partition coefficient (Wildman–Crippen LogP) is 4.83. The molecule has 0 unspecified atom stereocenters. The third-order valence-electron chi connectivity index (χ3n) is 5.56. The van der Waals surface area contributed by atoms with Crippen molar-refractivity contribution in [3.05, 3.63) is 57.8 Å². The summed E-state index contributed by atoms with van der Waals surface area (Å²) >= 11 is 1.76. The summed E-state index contributed by atoms with van der Waals surface area (Å²) in [6, 6.07) is 12.0. The summed E-state index contributed by atoms with van der Waals surface area (Å²) in [6.45, 7) is 9.39. The molecule has 6 heteroatoms. The van der Waals surface area contributed by atoms with E-state index in [4.69, 9.17) is 0 Å². The van der Waals surface area contributed by atoms with Gasteiger partial charge >= 0.3 is 6.03 Å². The molecule has 0 fully saturated rings. The molecule has 30 heavy (non-hydrogen) atoms. The number of amides is 3. The van der Waals surface area contributed by atoms with Gasteiger partial charge in [0, 0.05) is 23.5 Å². The maximum absolute atomic E-state index is 13.5. The van der Waals surface area contributed by atoms with Crippen molar-refractivity contribution in [3.8, 4) is 0 Å². The Morgan fingerprint density at radius 2 is 1.93 bits per heavy atom. The van der Waals surface area contributed by atoms with E-state index in [2.05, 4.69) is 35.8 Å². The van der Waals surface area contributed by atoms with Gasteiger partial charge in [-0.25, -0.2) is 4.79 Å². The molecular weight excluding hydrogens is 394 g/mol. The van der Waals surface area contributed by atoms with E-state index in [9.17, 15) is 9.59 Å². The van der Waals surface area contributed by atoms with Gasteiger partial charge in [0.15, 0.2) is 0 Å². The summed E-state index contributed by atoms with van der Waals surface area (Å²) in [5, 5.41) is 5.08. The fraction of sp³-hybridized carbons (Fsp3) is 0.500. The Kier molecular flexibility index (Phi) is 7.19. The van der Waals surface area contributed by atoms with Crippen LogP contribution in [0.2, 0.25) is 0 Å². The lowest BCUT2D eigenvalue weighted by Crippen LogP contribution is -2.55. The molecule has 1 N–H and O–H groups in total. The molecule has 1 aromatic heterocycles. The molecule has 0 aliphatic carbocycles. The molecule has 1 aliphatic rings. The zero-order valence-electron chi connectivity index (χ0n) is 18.5. The van der Waals surface area contributed by atoms with Crippen LogP contribution in [0.15, 0.2) is 41.8 Å². The first kappa shape index (κ1) is 22.3. The van der Waals surface area contributed by atoms with Crippen LogP contribution in [-0.2, 0) is 11.2 Å². The third-order valence-corrected chi connectivity index (χ3v) is 6.55. The number of benzene rings is 1. The molecule has 0 bridgehead atoms. The molecule has 0 saturated heterocycles. The number of nitrogens with zero attached hydrogens (tertiary/aromatic N) is 2. The van der Waals surface area contributed by atoms with E-state index in [1.54, 1.807) is 16.2 Å². The quantitative estimate of drug-likeness (QED) is 0.671. The van der Waals surface area contributed by atoms with Crippen molar-refractivity contribution >= 4 is 23.3 Å². The Labute approximate surface area is 184 Å². The first-order valence-electron chi connectivity index (χ1n) is 10.8. The Morgan fingerprint density at radius 3 is 2.60 bits per heavy atom. The number of fused-ring (bicyclic) bond motifs is 1. The monoisotopic (exact) mass is 427 g/mol. The van der Waals surface area contributed by atoms with Crippen molar-refractivity contribution in [1.29, 1.82) is 0 Å². The first-order valence-corrected chi connectivity index (χ1v) is 11.7. The summed E-state index contributed by atoms with van der Waals surface area (Å²) in [6.07, 6.45) is 2.81. The Morgan fingerprint density at radius 1 is 1.20 bits per heavy atom. The zero-order valence-corrected chi connectivity index (χ0v) is 19.3. The Bertz CT molecular complexity index is 857. The van der Waals surface area contributed by atoms with Gasteiger partial charge in [-0.1, -0.05) is 43.7 Å². The van der Waals surface area contributed by atoms with Crippen molar-refractivity contribution in [2.75, 3.05) is 19.6 Å². The Hall–Kier alpha value is -2.34. The van der Waals surface area contributed by atoms with Crippen LogP contribution in [0.4, 0.5) is 4.79 Å². The smallest absolute Gasteiger partial charge is 0.318 e. The van der Waals surface area contributed by atoms with Crippen LogP contribution < -0.4 is 5.32 Å². The van der Waals surface area contributed by atoms with Crippen LogP contribution in [0.3, 0.4) is 0 Å². The number of nitrogens with one attached hydrogen (secondary N) is 1. The van der Waals surface area contributed by atoms with E-state index in [0.29, 0.717) is 13.1 Å². The lowest BCUT2D eigenvalue weighted by atomic mass is 9.93. The number of thiophene rings is 1. The first-order chi connectivity index (χ1) is 14.3. The van der Waals surface area contributed by atoms with Crippen molar-refractivity contribution < 1.29 is 9.59 Å². The minimum absolute atomic E-state index is 0.0127. The largest absolute Gasteiger partial charge is 0.338 e. The van der Waals surface area contributed by atoms with E-state index in [1.165, 1.54) is 10.4 Å². The maximum atomic E-state index is 13.5. The zero-order chi connectivity index (χ0) is 21.7. The van der Waals surface area contributed by atoms with E-state index in [1.807, 2.05) is 43.9 Å². The average molecular weight is 428 g/mol. The second-order valence-corrected chi connectivity index (χ2v) is 9.79. The topological polar surface area (TPSA) is 52.7 Å². The van der Waals surface area contributed by atoms with Crippen LogP contribution in [-0.4, -0.2) is 46.9 Å². The molecule has 1 atom stereocenters. The highest BCUT2D eigenvalue weighted by Crippen LogP contribution is 2.37. The van der Waals surface area contributed by atoms with Crippen molar-refractivity contribution in [2.45, 2.75) is 58.5 Å². The van der Waals surface area contributed by atoms with Crippen LogP contribution in [0, 0.1) is 0 Å². The molecule has 1 aliphatic heterocycles. The summed E-state index contributed by atoms with van der Waals surface area (Å²) in [7, 11) is 0. The number of carbonyl (C=O) groups is 2. The van der Waals surface area contributed by atoms with E-state index >= 15 is 0 Å². The molecule has 5 nitrogen and oxygen atoms in total. The molecule has 162 valence electrons. The lowest BCUT2D eigenvalue weighted by Gasteiger charge is -2.40. The van der Waals surface area contributed by atoms with Crippen LogP contribution in [0.25, 0.3) is 0 Å². The number of urea groups is 1. The van der Waals surface area contributed by atoms with E-state index in [-0.39, 0.29) is 24.5 Å². The summed E-state index contributed by atoms with van der Waals surface area (Å²) in [4.78, 5) is 31.3. The highest BCUT2D eigenvalue weighted by atomic mass is 32.1. The van der Waals surface area contributed by atoms with Gasteiger partial charge in [-0.05, 0) is 56.2 Å². The minimum atomic E-state index is -0.447. The normalized spacial score (nSPS) is 16.1. The molecule has 0 radical (unpaired) electrons. The molecular formula is C24H33N3O2S. The average Bonchev–Trinajstić information content (AvgIpc) is 3.19. The number of hydrogen-bond donors (Lipinski definition) is 1. The summed E-state index contributed by atoms with van der Waals surface area (Å²) in [5.74, 6) is -0.0127. The van der Waals surface area contributed by atoms with Crippen molar-refractivity contribution in [3.63, 3.8) is 0 Å². The summed E-state index contributed by atoms with van der Waals surface area (Å²) < 4.78 is 0. The van der Waals surface area contributed by atoms with Gasteiger partial charge < -0.3 is 15.1 Å². The number of rotatable bonds is 6. The van der Waals surface area contributed by atoms with Crippen molar-refractivity contribution in [1.82, 2.24) is 15.1 Å². The van der Waals surface area contributed by atoms with Gasteiger partial charge in [0.1, 0.15) is 6.54 Å². The standard InChI is InChI=1S/C24H33N3O2S/c1-5-6-14-25-23(29)27(24(2,3)4)17-21(28)26-15-12-20-19(13-16-30-20)22(26)18-10-8-7-9-11-18/h7-11,13,16,22H,5-6,12,14-15,17H2,1-4H3,(H,25,29)/t22-/m0/s1. The van der Waals surface area contributed by atoms with E-state index in [0.717, 1.165) is 24.8 Å². The van der Waals surface area contributed by atoms with Gasteiger partial charge in [-0.15, -0.1) is 11.3 Å². The van der Waals surface area contributed by atoms with Crippen molar-refractivity contribution in [2.24, 2.45) is 0 Å². The van der Waals surface area contributed by atoms with Crippen LogP contribution in [0.1, 0.15) is 62.6 Å². The molecule has 0 spiro atoms. The molecule has 1 aromatic carbocycles. The van der Waals surface area contributed by atoms with Gasteiger partial charge in [0.25, 0.3) is 0 Å². The molecule has 2 heterocycles. The maximum Gasteiger partial charge on any atom is 0.318 e. The van der Waals surface area contributed by atoms with Crippen LogP contribution >= 0.6 is 11.3 Å². The summed E-state index contributed by atoms with van der Waals surface area (Å²) in [5.41, 5.74) is 1.87. The van der Waals surface area contributed by atoms with Gasteiger partial charge in [0.2, 0.25) is 5.91 Å². The molecule has 3 rings (SSSR count). The fourth-order valence-electron chi connectivity index (χ4n) is 3.89. The van der Waals surface area contributed by atoms with Gasteiger partial charge in [0.05, 0.1) is 6.04 Å². The molecule has 2 aromatic rings. The minimum Gasteiger partial charge on any atom is -0.338 e. The van der Waals surface area contributed by atoms with E-state index < -0.39 is 5.54 Å². The number of hydrogen-bond acceptors (Lipinski definition) is 3. The SMILES string of the molecule is CCCCNC(=O)N(CC(=O)N1CCc2sccc2[C@@H]1c1ccccc1)C(C)(C)C. The third kappa shape index (κ3) is 5.04. The Balaban J connectivity index is 1.83.